The fourth-order valence-corrected chi connectivity index (χ4v) is 6.19. The highest BCUT2D eigenvalue weighted by Crippen LogP contribution is 2.40. The van der Waals surface area contributed by atoms with E-state index in [1.54, 1.807) is 13.3 Å². The molecule has 0 aliphatic carbocycles. The van der Waals surface area contributed by atoms with E-state index in [1.807, 2.05) is 30.0 Å². The lowest BCUT2D eigenvalue weighted by atomic mass is 9.74. The monoisotopic (exact) mass is 528 g/mol. The number of halogens is 1. The number of ether oxygens (including phenoxy) is 1. The van der Waals surface area contributed by atoms with Crippen LogP contribution in [0, 0.1) is 12.3 Å². The van der Waals surface area contributed by atoms with Gasteiger partial charge in [0.05, 0.1) is 23.8 Å². The van der Waals surface area contributed by atoms with Gasteiger partial charge in [0.15, 0.2) is 0 Å². The highest BCUT2D eigenvalue weighted by Gasteiger charge is 2.34. The first-order chi connectivity index (χ1) is 17.4. The van der Waals surface area contributed by atoms with E-state index in [9.17, 15) is 10.2 Å². The smallest absolute Gasteiger partial charge is 0.119 e. The van der Waals surface area contributed by atoms with Crippen molar-refractivity contribution in [2.75, 3.05) is 39.1 Å². The van der Waals surface area contributed by atoms with E-state index in [-0.39, 0.29) is 12.0 Å². The lowest BCUT2D eigenvalue weighted by molar-refractivity contribution is 0.0238. The van der Waals surface area contributed by atoms with Crippen LogP contribution in [0.5, 0.6) is 5.75 Å². The number of nitrogens with zero attached hydrogens (tertiary/aromatic N) is 2. The van der Waals surface area contributed by atoms with E-state index in [4.69, 9.17) is 16.3 Å². The second-order valence-electron chi connectivity index (χ2n) is 9.97. The predicted octanol–water partition coefficient (Wildman–Crippen LogP) is 6.28. The molecule has 5 nitrogen and oxygen atoms in total. The first-order valence-electron chi connectivity index (χ1n) is 12.8. The average Bonchev–Trinajstić information content (AvgIpc) is 2.91. The van der Waals surface area contributed by atoms with Crippen LogP contribution in [0.2, 0.25) is 5.02 Å². The molecule has 0 amide bonds. The van der Waals surface area contributed by atoms with Crippen LogP contribution in [0.25, 0.3) is 10.9 Å². The maximum absolute atomic E-state index is 11.2. The van der Waals surface area contributed by atoms with Gasteiger partial charge in [0, 0.05) is 28.6 Å². The van der Waals surface area contributed by atoms with Gasteiger partial charge < -0.3 is 19.8 Å². The van der Waals surface area contributed by atoms with Crippen molar-refractivity contribution in [1.82, 2.24) is 9.88 Å². The number of hydrogen-bond donors (Lipinski definition) is 2. The number of aliphatic hydroxyl groups is 2. The standard InChI is InChI=1S/C29H37ClN2O3S/c1-21-4-7-23(8-5-21)36-17-3-14-32-15-12-29(20-33,13-16-32)11-10-27(34)28-24-18-22(35-2)6-9-26(24)31-19-25(28)30/h4-9,18-19,27,33-34H,3,10-17,20H2,1-2H3/t27-/m1/s1. The molecule has 1 saturated heterocycles. The van der Waals surface area contributed by atoms with Crippen LogP contribution in [0.15, 0.2) is 53.6 Å². The van der Waals surface area contributed by atoms with Crippen LogP contribution < -0.4 is 4.74 Å². The van der Waals surface area contributed by atoms with Crippen LogP contribution in [-0.2, 0) is 0 Å². The Labute approximate surface area is 223 Å². The number of pyridine rings is 1. The second-order valence-corrected chi connectivity index (χ2v) is 11.5. The SMILES string of the molecule is COc1ccc2ncc(Cl)c([C@H](O)CCC3(CO)CCN(CCCSc4ccc(C)cc4)CC3)c2c1. The minimum atomic E-state index is -0.727. The van der Waals surface area contributed by atoms with Gasteiger partial charge in [0.2, 0.25) is 0 Å². The minimum absolute atomic E-state index is 0.148. The Balaban J connectivity index is 1.29. The zero-order valence-electron chi connectivity index (χ0n) is 21.3. The molecule has 0 radical (unpaired) electrons. The van der Waals surface area contributed by atoms with E-state index < -0.39 is 6.10 Å². The number of likely N-dealkylation sites (tertiary alicyclic amines) is 1. The Morgan fingerprint density at radius 1 is 1.17 bits per heavy atom. The molecule has 194 valence electrons. The highest BCUT2D eigenvalue weighted by molar-refractivity contribution is 7.99. The molecule has 3 aromatic rings. The number of aliphatic hydroxyl groups excluding tert-OH is 2. The third-order valence-electron chi connectivity index (χ3n) is 7.51. The first-order valence-corrected chi connectivity index (χ1v) is 14.1. The van der Waals surface area contributed by atoms with E-state index in [1.165, 1.54) is 10.5 Å². The van der Waals surface area contributed by atoms with Crippen LogP contribution in [-0.4, -0.2) is 59.2 Å². The Morgan fingerprint density at radius 3 is 2.61 bits per heavy atom. The Hall–Kier alpha value is -1.83. The molecule has 1 atom stereocenters. The number of rotatable bonds is 11. The van der Waals surface area contributed by atoms with E-state index >= 15 is 0 Å². The summed E-state index contributed by atoms with van der Waals surface area (Å²) in [6, 6.07) is 14.3. The number of hydrogen-bond acceptors (Lipinski definition) is 6. The zero-order chi connectivity index (χ0) is 25.5. The summed E-state index contributed by atoms with van der Waals surface area (Å²) in [6.07, 6.45) is 5.22. The normalized spacial score (nSPS) is 16.8. The largest absolute Gasteiger partial charge is 0.497 e. The van der Waals surface area contributed by atoms with Crippen molar-refractivity contribution in [3.05, 3.63) is 64.8 Å². The summed E-state index contributed by atoms with van der Waals surface area (Å²) in [4.78, 5) is 8.24. The fraction of sp³-hybridized carbons (Fsp3) is 0.483. The van der Waals surface area contributed by atoms with E-state index in [0.717, 1.165) is 62.0 Å². The third-order valence-corrected chi connectivity index (χ3v) is 8.91. The lowest BCUT2D eigenvalue weighted by Crippen LogP contribution is -2.42. The molecule has 4 rings (SSSR count). The van der Waals surface area contributed by atoms with Crippen LogP contribution in [0.1, 0.15) is 49.3 Å². The number of methoxy groups -OCH3 is 1. The van der Waals surface area contributed by atoms with E-state index in [2.05, 4.69) is 41.1 Å². The van der Waals surface area contributed by atoms with Gasteiger partial charge in [-0.15, -0.1) is 11.8 Å². The molecule has 0 bridgehead atoms. The summed E-state index contributed by atoms with van der Waals surface area (Å²) < 4.78 is 5.37. The molecular weight excluding hydrogens is 492 g/mol. The Bertz CT molecular complexity index is 1130. The van der Waals surface area contributed by atoms with Gasteiger partial charge in [-0.1, -0.05) is 29.3 Å². The number of benzene rings is 2. The van der Waals surface area contributed by atoms with Crippen LogP contribution in [0.3, 0.4) is 0 Å². The lowest BCUT2D eigenvalue weighted by Gasteiger charge is -2.41. The van der Waals surface area contributed by atoms with E-state index in [0.29, 0.717) is 22.8 Å². The quantitative estimate of drug-likeness (QED) is 0.226. The van der Waals surface area contributed by atoms with Crippen molar-refractivity contribution < 1.29 is 14.9 Å². The van der Waals surface area contributed by atoms with Gasteiger partial charge in [0.25, 0.3) is 0 Å². The van der Waals surface area contributed by atoms with Gasteiger partial charge >= 0.3 is 0 Å². The summed E-state index contributed by atoms with van der Waals surface area (Å²) in [5.41, 5.74) is 2.61. The molecular formula is C29H37ClN2O3S. The third kappa shape index (κ3) is 6.73. The van der Waals surface area contributed by atoms with Gasteiger partial charge in [-0.05, 0) is 100 Å². The van der Waals surface area contributed by atoms with Gasteiger partial charge in [-0.2, -0.15) is 0 Å². The highest BCUT2D eigenvalue weighted by atomic mass is 35.5. The van der Waals surface area contributed by atoms with Crippen LogP contribution in [0.4, 0.5) is 0 Å². The Morgan fingerprint density at radius 2 is 1.92 bits per heavy atom. The summed E-state index contributed by atoms with van der Waals surface area (Å²) in [6.45, 7) is 5.33. The number of fused-ring (bicyclic) bond motifs is 1. The van der Waals surface area contributed by atoms with Gasteiger partial charge in [-0.25, -0.2) is 0 Å². The van der Waals surface area contributed by atoms with Crippen molar-refractivity contribution in [1.29, 1.82) is 0 Å². The zero-order valence-corrected chi connectivity index (χ0v) is 22.8. The molecule has 2 aromatic carbocycles. The number of piperidine rings is 1. The Kier molecular flexibility index (Phi) is 9.53. The molecule has 2 N–H and O–H groups in total. The molecule has 7 heteroatoms. The minimum Gasteiger partial charge on any atom is -0.497 e. The van der Waals surface area contributed by atoms with Crippen molar-refractivity contribution >= 4 is 34.3 Å². The molecule has 1 aromatic heterocycles. The number of thioether (sulfide) groups is 1. The van der Waals surface area contributed by atoms with Crippen LogP contribution >= 0.6 is 23.4 Å². The topological polar surface area (TPSA) is 65.8 Å². The average molecular weight is 529 g/mol. The van der Waals surface area contributed by atoms with Crippen molar-refractivity contribution in [2.45, 2.75) is 50.0 Å². The summed E-state index contributed by atoms with van der Waals surface area (Å²) in [5, 5.41) is 22.7. The molecule has 0 spiro atoms. The summed E-state index contributed by atoms with van der Waals surface area (Å²) in [5.74, 6) is 1.82. The summed E-state index contributed by atoms with van der Waals surface area (Å²) >= 11 is 8.41. The fourth-order valence-electron chi connectivity index (χ4n) is 5.07. The second kappa shape index (κ2) is 12.6. The number of aromatic nitrogens is 1. The predicted molar refractivity (Wildman–Crippen MR) is 149 cm³/mol. The first kappa shape index (κ1) is 27.2. The molecule has 2 heterocycles. The van der Waals surface area contributed by atoms with Gasteiger partial charge in [-0.3, -0.25) is 4.98 Å². The van der Waals surface area contributed by atoms with Crippen molar-refractivity contribution in [3.8, 4) is 5.75 Å². The molecule has 0 saturated carbocycles. The molecule has 0 unspecified atom stereocenters. The maximum Gasteiger partial charge on any atom is 0.119 e. The molecule has 36 heavy (non-hydrogen) atoms. The number of aryl methyl sites for hydroxylation is 1. The maximum atomic E-state index is 11.2. The summed E-state index contributed by atoms with van der Waals surface area (Å²) in [7, 11) is 1.62. The van der Waals surface area contributed by atoms with Crippen molar-refractivity contribution in [3.63, 3.8) is 0 Å². The molecule has 1 aliphatic heterocycles. The van der Waals surface area contributed by atoms with Crippen molar-refractivity contribution in [2.24, 2.45) is 5.41 Å². The molecule has 1 fully saturated rings. The molecule has 1 aliphatic rings. The van der Waals surface area contributed by atoms with Gasteiger partial charge in [0.1, 0.15) is 5.75 Å².